The number of hydrogen-bond acceptors (Lipinski definition) is 5. The minimum atomic E-state index is 0.194. The number of ether oxygens (including phenoxy) is 4. The highest BCUT2D eigenvalue weighted by Gasteiger charge is 2.42. The second-order valence-corrected chi connectivity index (χ2v) is 6.62. The van der Waals surface area contributed by atoms with E-state index in [1.807, 2.05) is 12.1 Å². The van der Waals surface area contributed by atoms with E-state index in [4.69, 9.17) is 18.9 Å². The van der Waals surface area contributed by atoms with Gasteiger partial charge in [0.05, 0.1) is 39.6 Å². The van der Waals surface area contributed by atoms with Gasteiger partial charge in [-0.15, -0.1) is 6.58 Å². The van der Waals surface area contributed by atoms with Crippen LogP contribution in [0.4, 0.5) is 0 Å². The predicted molar refractivity (Wildman–Crippen MR) is 97.5 cm³/mol. The maximum absolute atomic E-state index is 6.02. The summed E-state index contributed by atoms with van der Waals surface area (Å²) in [5, 5.41) is 0. The molecular weight excluding hydrogens is 318 g/mol. The third-order valence-corrected chi connectivity index (χ3v) is 5.21. The van der Waals surface area contributed by atoms with Crippen molar-refractivity contribution in [2.45, 2.75) is 37.5 Å². The van der Waals surface area contributed by atoms with E-state index in [1.165, 1.54) is 5.56 Å². The third-order valence-electron chi connectivity index (χ3n) is 5.21. The topological polar surface area (TPSA) is 40.2 Å². The summed E-state index contributed by atoms with van der Waals surface area (Å²) < 4.78 is 22.6. The average molecular weight is 347 g/mol. The summed E-state index contributed by atoms with van der Waals surface area (Å²) in [5.41, 5.74) is 1.26. The Morgan fingerprint density at radius 3 is 2.84 bits per heavy atom. The average Bonchev–Trinajstić information content (AvgIpc) is 3.08. The van der Waals surface area contributed by atoms with Crippen LogP contribution in [0.25, 0.3) is 0 Å². The van der Waals surface area contributed by atoms with Gasteiger partial charge in [0.2, 0.25) is 0 Å². The first kappa shape index (κ1) is 18.2. The van der Waals surface area contributed by atoms with Crippen LogP contribution in [0.1, 0.15) is 18.4 Å². The second-order valence-electron chi connectivity index (χ2n) is 6.62. The van der Waals surface area contributed by atoms with Crippen LogP contribution >= 0.6 is 0 Å². The molecule has 1 saturated heterocycles. The Morgan fingerprint density at radius 1 is 1.24 bits per heavy atom. The summed E-state index contributed by atoms with van der Waals surface area (Å²) in [6.07, 6.45) is 5.40. The zero-order valence-corrected chi connectivity index (χ0v) is 15.3. The normalized spacial score (nSPS) is 26.2. The molecule has 1 aliphatic heterocycles. The SMILES string of the molecule is C=CCO[C@@H]1CC[C@H]2[C@H]1OCCN2CCc1ccc(OC)c(OC)c1. The molecule has 1 aliphatic carbocycles. The number of rotatable bonds is 8. The monoisotopic (exact) mass is 347 g/mol. The summed E-state index contributed by atoms with van der Waals surface area (Å²) in [4.78, 5) is 2.56. The van der Waals surface area contributed by atoms with Crippen molar-refractivity contribution in [3.8, 4) is 11.5 Å². The summed E-state index contributed by atoms with van der Waals surface area (Å²) in [7, 11) is 3.34. The predicted octanol–water partition coefficient (Wildman–Crippen LogP) is 2.68. The first-order valence-corrected chi connectivity index (χ1v) is 9.06. The highest BCUT2D eigenvalue weighted by atomic mass is 16.5. The van der Waals surface area contributed by atoms with Gasteiger partial charge < -0.3 is 18.9 Å². The van der Waals surface area contributed by atoms with Crippen molar-refractivity contribution in [2.75, 3.05) is 40.5 Å². The van der Waals surface area contributed by atoms with Gasteiger partial charge in [-0.2, -0.15) is 0 Å². The molecule has 3 rings (SSSR count). The number of fused-ring (bicyclic) bond motifs is 1. The maximum Gasteiger partial charge on any atom is 0.160 e. The molecule has 1 saturated carbocycles. The fourth-order valence-corrected chi connectivity index (χ4v) is 3.95. The Bertz CT molecular complexity index is 577. The quantitative estimate of drug-likeness (QED) is 0.676. The van der Waals surface area contributed by atoms with E-state index in [2.05, 4.69) is 23.6 Å². The lowest BCUT2D eigenvalue weighted by Crippen LogP contribution is -2.52. The van der Waals surface area contributed by atoms with Gasteiger partial charge in [0, 0.05) is 19.1 Å². The largest absolute Gasteiger partial charge is 0.493 e. The highest BCUT2D eigenvalue weighted by molar-refractivity contribution is 5.42. The molecule has 5 heteroatoms. The lowest BCUT2D eigenvalue weighted by atomic mass is 10.1. The van der Waals surface area contributed by atoms with Gasteiger partial charge in [0.15, 0.2) is 11.5 Å². The zero-order chi connectivity index (χ0) is 17.6. The van der Waals surface area contributed by atoms with Crippen molar-refractivity contribution in [2.24, 2.45) is 0 Å². The Hall–Kier alpha value is -1.56. The summed E-state index contributed by atoms with van der Waals surface area (Å²) in [6, 6.07) is 6.62. The van der Waals surface area contributed by atoms with E-state index in [0.29, 0.717) is 12.6 Å². The number of nitrogens with zero attached hydrogens (tertiary/aromatic N) is 1. The van der Waals surface area contributed by atoms with Gasteiger partial charge in [-0.25, -0.2) is 0 Å². The van der Waals surface area contributed by atoms with Crippen molar-refractivity contribution < 1.29 is 18.9 Å². The summed E-state index contributed by atoms with van der Waals surface area (Å²) >= 11 is 0. The standard InChI is InChI=1S/C20H29NO4/c1-4-12-24-18-8-6-16-20(18)25-13-11-21(16)10-9-15-5-7-17(22-2)19(14-15)23-3/h4-5,7,14,16,18,20H,1,6,8-13H2,2-3H3/t16-,18+,20+/m0/s1. The molecule has 0 N–H and O–H groups in total. The minimum Gasteiger partial charge on any atom is -0.493 e. The first-order chi connectivity index (χ1) is 12.3. The summed E-state index contributed by atoms with van der Waals surface area (Å²) in [5.74, 6) is 1.56. The molecule has 0 bridgehead atoms. The molecule has 5 nitrogen and oxygen atoms in total. The van der Waals surface area contributed by atoms with Crippen molar-refractivity contribution in [1.82, 2.24) is 4.90 Å². The van der Waals surface area contributed by atoms with E-state index < -0.39 is 0 Å². The van der Waals surface area contributed by atoms with Crippen molar-refractivity contribution >= 4 is 0 Å². The number of methoxy groups -OCH3 is 2. The molecule has 0 spiro atoms. The molecule has 0 amide bonds. The van der Waals surface area contributed by atoms with Crippen molar-refractivity contribution in [3.63, 3.8) is 0 Å². The van der Waals surface area contributed by atoms with Crippen molar-refractivity contribution in [3.05, 3.63) is 36.4 Å². The third kappa shape index (κ3) is 4.17. The molecule has 1 aromatic carbocycles. The number of hydrogen-bond donors (Lipinski definition) is 0. The van der Waals surface area contributed by atoms with Gasteiger partial charge in [0.25, 0.3) is 0 Å². The summed E-state index contributed by atoms with van der Waals surface area (Å²) in [6.45, 7) is 7.12. The van der Waals surface area contributed by atoms with E-state index >= 15 is 0 Å². The van der Waals surface area contributed by atoms with Crippen LogP contribution in [0, 0.1) is 0 Å². The first-order valence-electron chi connectivity index (χ1n) is 9.06. The molecule has 3 atom stereocenters. The highest BCUT2D eigenvalue weighted by Crippen LogP contribution is 2.33. The molecule has 25 heavy (non-hydrogen) atoms. The molecule has 138 valence electrons. The van der Waals surface area contributed by atoms with Gasteiger partial charge >= 0.3 is 0 Å². The Kier molecular flexibility index (Phi) is 6.34. The Labute approximate surface area is 150 Å². The van der Waals surface area contributed by atoms with Gasteiger partial charge in [-0.1, -0.05) is 12.1 Å². The number of benzene rings is 1. The van der Waals surface area contributed by atoms with E-state index in [9.17, 15) is 0 Å². The fourth-order valence-electron chi connectivity index (χ4n) is 3.95. The molecule has 1 heterocycles. The van der Waals surface area contributed by atoms with Gasteiger partial charge in [-0.3, -0.25) is 4.90 Å². The second kappa shape index (κ2) is 8.70. The van der Waals surface area contributed by atoms with Crippen molar-refractivity contribution in [1.29, 1.82) is 0 Å². The van der Waals surface area contributed by atoms with E-state index in [1.54, 1.807) is 14.2 Å². The number of morpholine rings is 1. The van der Waals surface area contributed by atoms with Crippen LogP contribution in [0.5, 0.6) is 11.5 Å². The minimum absolute atomic E-state index is 0.194. The Balaban J connectivity index is 1.59. The maximum atomic E-state index is 6.02. The molecule has 0 radical (unpaired) electrons. The van der Waals surface area contributed by atoms with Crippen LogP contribution in [0.2, 0.25) is 0 Å². The van der Waals surface area contributed by atoms with Crippen LogP contribution in [0.3, 0.4) is 0 Å². The van der Waals surface area contributed by atoms with Crippen LogP contribution in [-0.4, -0.2) is 63.7 Å². The van der Waals surface area contributed by atoms with Crippen LogP contribution in [-0.2, 0) is 15.9 Å². The lowest BCUT2D eigenvalue weighted by Gasteiger charge is -2.39. The van der Waals surface area contributed by atoms with E-state index in [0.717, 1.165) is 50.5 Å². The molecule has 1 aromatic rings. The molecule has 2 aliphatic rings. The van der Waals surface area contributed by atoms with Gasteiger partial charge in [0.1, 0.15) is 0 Å². The molecular formula is C20H29NO4. The lowest BCUT2D eigenvalue weighted by molar-refractivity contribution is -0.109. The Morgan fingerprint density at radius 2 is 2.08 bits per heavy atom. The van der Waals surface area contributed by atoms with Crippen LogP contribution in [0.15, 0.2) is 30.9 Å². The van der Waals surface area contributed by atoms with Gasteiger partial charge in [-0.05, 0) is 37.0 Å². The zero-order valence-electron chi connectivity index (χ0n) is 15.3. The molecule has 2 fully saturated rings. The molecule has 0 aromatic heterocycles. The van der Waals surface area contributed by atoms with E-state index in [-0.39, 0.29) is 12.2 Å². The molecule has 0 unspecified atom stereocenters. The smallest absolute Gasteiger partial charge is 0.160 e. The fraction of sp³-hybridized carbons (Fsp3) is 0.600. The van der Waals surface area contributed by atoms with Crippen LogP contribution < -0.4 is 9.47 Å².